The minimum Gasteiger partial charge on any atom is -0.504 e. The van der Waals surface area contributed by atoms with Crippen molar-refractivity contribution in [3.8, 4) is 11.6 Å². The monoisotopic (exact) mass is 313 g/mol. The number of ether oxygens (including phenoxy) is 1. The molecule has 23 heavy (non-hydrogen) atoms. The number of hydrogen-bond donors (Lipinski definition) is 1. The molecule has 0 amide bonds. The quantitative estimate of drug-likeness (QED) is 0.750. The number of nitrogens with zero attached hydrogens (tertiary/aromatic N) is 3. The summed E-state index contributed by atoms with van der Waals surface area (Å²) in [5.74, 6) is -0.858. The Hall–Kier alpha value is -3.09. The van der Waals surface area contributed by atoms with Crippen LogP contribution in [0.2, 0.25) is 0 Å². The maximum atomic E-state index is 12.1. The molecule has 2 aromatic heterocycles. The van der Waals surface area contributed by atoms with Crippen molar-refractivity contribution in [2.24, 2.45) is 0 Å². The highest BCUT2D eigenvalue weighted by Gasteiger charge is 2.24. The highest BCUT2D eigenvalue weighted by Crippen LogP contribution is 2.35. The second kappa shape index (κ2) is 5.60. The molecule has 2 heterocycles. The summed E-state index contributed by atoms with van der Waals surface area (Å²) in [7, 11) is 0. The Morgan fingerprint density at radius 3 is 2.74 bits per heavy atom. The van der Waals surface area contributed by atoms with E-state index >= 15 is 0 Å². The van der Waals surface area contributed by atoms with Gasteiger partial charge in [-0.2, -0.15) is 0 Å². The van der Waals surface area contributed by atoms with Crippen molar-refractivity contribution in [2.75, 3.05) is 6.61 Å². The second-order valence-electron chi connectivity index (χ2n) is 4.89. The van der Waals surface area contributed by atoms with Crippen LogP contribution >= 0.6 is 0 Å². The van der Waals surface area contributed by atoms with Gasteiger partial charge < -0.3 is 9.84 Å². The van der Waals surface area contributed by atoms with Gasteiger partial charge in [-0.25, -0.2) is 9.78 Å². The van der Waals surface area contributed by atoms with Gasteiger partial charge in [-0.1, -0.05) is 12.1 Å². The van der Waals surface area contributed by atoms with Crippen LogP contribution in [0.15, 0.2) is 36.7 Å². The predicted molar refractivity (Wildman–Crippen MR) is 83.0 cm³/mol. The van der Waals surface area contributed by atoms with Crippen LogP contribution in [0.1, 0.15) is 29.3 Å². The van der Waals surface area contributed by atoms with Crippen LogP contribution < -0.4 is 0 Å². The number of carbonyl (C=O) groups excluding carboxylic acids is 2. The zero-order valence-electron chi connectivity index (χ0n) is 12.7. The fourth-order valence-electron chi connectivity index (χ4n) is 2.57. The third-order valence-corrected chi connectivity index (χ3v) is 3.47. The molecule has 0 saturated carbocycles. The first-order valence-corrected chi connectivity index (χ1v) is 7.10. The molecular formula is C16H15N3O4. The highest BCUT2D eigenvalue weighted by atomic mass is 16.5. The van der Waals surface area contributed by atoms with Gasteiger partial charge in [-0.3, -0.25) is 13.9 Å². The zero-order valence-corrected chi connectivity index (χ0v) is 12.7. The Morgan fingerprint density at radius 2 is 2.04 bits per heavy atom. The molecule has 1 aromatic carbocycles. The number of carbonyl (C=O) groups is 2. The summed E-state index contributed by atoms with van der Waals surface area (Å²) in [5, 5.41) is 11.1. The van der Waals surface area contributed by atoms with Crippen LogP contribution in [0.5, 0.6) is 5.75 Å². The van der Waals surface area contributed by atoms with E-state index in [2.05, 4.69) is 4.98 Å². The van der Waals surface area contributed by atoms with Gasteiger partial charge in [-0.15, -0.1) is 0 Å². The predicted octanol–water partition coefficient (Wildman–Crippen LogP) is 2.37. The molecule has 0 radical (unpaired) electrons. The lowest BCUT2D eigenvalue weighted by Crippen LogP contribution is -2.17. The maximum Gasteiger partial charge on any atom is 0.374 e. The Labute approximate surface area is 131 Å². The molecule has 0 saturated heterocycles. The molecule has 0 aliphatic carbocycles. The Bertz CT molecular complexity index is 907. The average Bonchev–Trinajstić information content (AvgIpc) is 3.10. The summed E-state index contributed by atoms with van der Waals surface area (Å²) in [6, 6.07) is 6.96. The maximum absolute atomic E-state index is 12.1. The Balaban J connectivity index is 2.31. The van der Waals surface area contributed by atoms with Crippen molar-refractivity contribution < 1.29 is 19.4 Å². The number of rotatable bonds is 3. The molecule has 3 aromatic rings. The van der Waals surface area contributed by atoms with E-state index in [9.17, 15) is 14.7 Å². The van der Waals surface area contributed by atoms with Gasteiger partial charge in [0.2, 0.25) is 11.7 Å². The summed E-state index contributed by atoms with van der Waals surface area (Å²) >= 11 is 0. The summed E-state index contributed by atoms with van der Waals surface area (Å²) < 4.78 is 7.66. The fourth-order valence-corrected chi connectivity index (χ4v) is 2.57. The molecule has 0 bridgehead atoms. The molecule has 0 aliphatic rings. The average molecular weight is 313 g/mol. The van der Waals surface area contributed by atoms with Gasteiger partial charge in [0.25, 0.3) is 0 Å². The lowest BCUT2D eigenvalue weighted by molar-refractivity contribution is 0.0509. The molecule has 7 nitrogen and oxygen atoms in total. The first kappa shape index (κ1) is 14.8. The second-order valence-corrected chi connectivity index (χ2v) is 4.89. The first-order valence-electron chi connectivity index (χ1n) is 7.10. The van der Waals surface area contributed by atoms with Crippen molar-refractivity contribution in [2.45, 2.75) is 13.8 Å². The van der Waals surface area contributed by atoms with Crippen molar-refractivity contribution in [3.63, 3.8) is 0 Å². The standard InChI is InChI=1S/C16H15N3O4/c1-3-23-16(22)14-17-8-9-18(14)15-13(21)11-6-4-5-7-12(11)19(15)10(2)20/h4-9,21H,3H2,1-2H3. The van der Waals surface area contributed by atoms with E-state index in [1.807, 2.05) is 0 Å². The van der Waals surface area contributed by atoms with Crippen molar-refractivity contribution in [1.82, 2.24) is 14.1 Å². The molecule has 0 aliphatic heterocycles. The molecule has 0 spiro atoms. The van der Waals surface area contributed by atoms with Crippen LogP contribution in [-0.4, -0.2) is 37.7 Å². The van der Waals surface area contributed by atoms with E-state index < -0.39 is 5.97 Å². The van der Waals surface area contributed by atoms with Crippen LogP contribution in [0.25, 0.3) is 16.7 Å². The minimum absolute atomic E-state index is 0.00699. The highest BCUT2D eigenvalue weighted by molar-refractivity contribution is 6.00. The number of para-hydroxylation sites is 1. The molecule has 0 atom stereocenters. The lowest BCUT2D eigenvalue weighted by atomic mass is 10.2. The van der Waals surface area contributed by atoms with Gasteiger partial charge in [-0.05, 0) is 19.1 Å². The topological polar surface area (TPSA) is 86.3 Å². The third-order valence-electron chi connectivity index (χ3n) is 3.47. The fraction of sp³-hybridized carbons (Fsp3) is 0.188. The minimum atomic E-state index is -0.628. The first-order chi connectivity index (χ1) is 11.1. The van der Waals surface area contributed by atoms with Crippen LogP contribution in [0.4, 0.5) is 0 Å². The number of benzene rings is 1. The van der Waals surface area contributed by atoms with E-state index in [1.165, 1.54) is 28.5 Å². The van der Waals surface area contributed by atoms with E-state index in [0.29, 0.717) is 10.9 Å². The zero-order chi connectivity index (χ0) is 16.6. The summed E-state index contributed by atoms with van der Waals surface area (Å²) in [4.78, 5) is 28.1. The molecule has 1 N–H and O–H groups in total. The molecule has 118 valence electrons. The molecule has 3 rings (SSSR count). The van der Waals surface area contributed by atoms with E-state index in [-0.39, 0.29) is 29.9 Å². The van der Waals surface area contributed by atoms with Crippen molar-refractivity contribution in [3.05, 3.63) is 42.5 Å². The van der Waals surface area contributed by atoms with Crippen LogP contribution in [-0.2, 0) is 4.74 Å². The van der Waals surface area contributed by atoms with Gasteiger partial charge in [0, 0.05) is 24.7 Å². The van der Waals surface area contributed by atoms with Crippen LogP contribution in [0, 0.1) is 0 Å². The molecule has 7 heteroatoms. The van der Waals surface area contributed by atoms with Gasteiger partial charge in [0.15, 0.2) is 11.6 Å². The normalized spacial score (nSPS) is 10.9. The van der Waals surface area contributed by atoms with Crippen molar-refractivity contribution >= 4 is 22.8 Å². The van der Waals surface area contributed by atoms with Gasteiger partial charge in [0.05, 0.1) is 12.1 Å². The van der Waals surface area contributed by atoms with E-state index in [0.717, 1.165) is 0 Å². The smallest absolute Gasteiger partial charge is 0.374 e. The van der Waals surface area contributed by atoms with Gasteiger partial charge in [0.1, 0.15) is 0 Å². The van der Waals surface area contributed by atoms with Crippen LogP contribution in [0.3, 0.4) is 0 Å². The summed E-state index contributed by atoms with van der Waals surface area (Å²) in [6.45, 7) is 3.28. The van der Waals surface area contributed by atoms with E-state index in [1.54, 1.807) is 31.2 Å². The molecule has 0 fully saturated rings. The Morgan fingerprint density at radius 1 is 1.30 bits per heavy atom. The number of fused-ring (bicyclic) bond motifs is 1. The number of imidazole rings is 1. The number of esters is 1. The lowest BCUT2D eigenvalue weighted by Gasteiger charge is -2.10. The Kier molecular flexibility index (Phi) is 3.61. The SMILES string of the molecule is CCOC(=O)c1nccn1-c1c(O)c2ccccc2n1C(C)=O. The summed E-state index contributed by atoms with van der Waals surface area (Å²) in [6.07, 6.45) is 2.91. The largest absolute Gasteiger partial charge is 0.504 e. The number of aromatic nitrogens is 3. The van der Waals surface area contributed by atoms with Crippen molar-refractivity contribution in [1.29, 1.82) is 0 Å². The van der Waals surface area contributed by atoms with E-state index in [4.69, 9.17) is 4.74 Å². The van der Waals surface area contributed by atoms with Gasteiger partial charge >= 0.3 is 5.97 Å². The number of hydrogen-bond acceptors (Lipinski definition) is 5. The summed E-state index contributed by atoms with van der Waals surface area (Å²) in [5.41, 5.74) is 0.552. The third kappa shape index (κ3) is 2.26. The number of aromatic hydroxyl groups is 1. The molecule has 0 unspecified atom stereocenters. The molecular weight excluding hydrogens is 298 g/mol.